The third kappa shape index (κ3) is 3.54. The second-order valence-electron chi connectivity index (χ2n) is 3.92. The molecule has 0 saturated heterocycles. The first-order valence-electron chi connectivity index (χ1n) is 5.40. The number of rotatable bonds is 4. The van der Waals surface area contributed by atoms with Crippen LogP contribution in [0.3, 0.4) is 0 Å². The number of urea groups is 1. The van der Waals surface area contributed by atoms with Crippen molar-refractivity contribution >= 4 is 6.03 Å². The molecule has 0 spiro atoms. The van der Waals surface area contributed by atoms with Crippen LogP contribution < -0.4 is 10.6 Å². The second kappa shape index (κ2) is 5.86. The van der Waals surface area contributed by atoms with E-state index < -0.39 is 0 Å². The maximum atomic E-state index is 10.9. The molecule has 4 heteroatoms. The van der Waals surface area contributed by atoms with E-state index in [4.69, 9.17) is 0 Å². The molecule has 82 valence electrons. The third-order valence-electron chi connectivity index (χ3n) is 2.93. The lowest BCUT2D eigenvalue weighted by Crippen LogP contribution is -2.40. The zero-order valence-electron chi connectivity index (χ0n) is 9.18. The van der Waals surface area contributed by atoms with Crippen molar-refractivity contribution in [2.45, 2.75) is 31.7 Å². The first-order chi connectivity index (χ1) is 6.74. The average Bonchev–Trinajstić information content (AvgIpc) is 2.70. The lowest BCUT2D eigenvalue weighted by molar-refractivity contribution is 0.229. The molecule has 0 unspecified atom stereocenters. The Kier molecular flexibility index (Phi) is 4.73. The molecular formula is C10H21N3O. The van der Waals surface area contributed by atoms with Crippen molar-refractivity contribution in [3.05, 3.63) is 0 Å². The summed E-state index contributed by atoms with van der Waals surface area (Å²) in [6, 6.07) is 0.645. The van der Waals surface area contributed by atoms with Gasteiger partial charge in [-0.3, -0.25) is 0 Å². The molecule has 2 amide bonds. The Balaban J connectivity index is 2.08. The molecule has 2 N–H and O–H groups in total. The highest BCUT2D eigenvalue weighted by Crippen LogP contribution is 2.21. The smallest absolute Gasteiger partial charge is 0.314 e. The molecule has 0 atom stereocenters. The van der Waals surface area contributed by atoms with Crippen LogP contribution >= 0.6 is 0 Å². The number of likely N-dealkylation sites (N-methyl/N-ethyl adjacent to an activating group) is 1. The van der Waals surface area contributed by atoms with E-state index in [1.807, 2.05) is 0 Å². The van der Waals surface area contributed by atoms with Gasteiger partial charge in [0.25, 0.3) is 0 Å². The van der Waals surface area contributed by atoms with Gasteiger partial charge < -0.3 is 15.5 Å². The van der Waals surface area contributed by atoms with E-state index in [-0.39, 0.29) is 6.03 Å². The lowest BCUT2D eigenvalue weighted by atomic mass is 10.2. The Bertz CT molecular complexity index is 178. The summed E-state index contributed by atoms with van der Waals surface area (Å²) in [5, 5.41) is 5.33. The van der Waals surface area contributed by atoms with Gasteiger partial charge in [0.1, 0.15) is 0 Å². The van der Waals surface area contributed by atoms with E-state index in [1.54, 1.807) is 7.05 Å². The van der Waals surface area contributed by atoms with Crippen molar-refractivity contribution in [2.75, 3.05) is 27.2 Å². The summed E-state index contributed by atoms with van der Waals surface area (Å²) >= 11 is 0. The second-order valence-corrected chi connectivity index (χ2v) is 3.92. The molecule has 4 nitrogen and oxygen atoms in total. The lowest BCUT2D eigenvalue weighted by Gasteiger charge is -2.23. The van der Waals surface area contributed by atoms with Crippen LogP contribution in [0.1, 0.15) is 25.7 Å². The Morgan fingerprint density at radius 3 is 2.64 bits per heavy atom. The summed E-state index contributed by atoms with van der Waals surface area (Å²) < 4.78 is 0. The van der Waals surface area contributed by atoms with Crippen molar-refractivity contribution in [3.8, 4) is 0 Å². The number of amides is 2. The van der Waals surface area contributed by atoms with Crippen LogP contribution in [-0.2, 0) is 0 Å². The molecule has 0 heterocycles. The minimum atomic E-state index is -0.0928. The van der Waals surface area contributed by atoms with Crippen molar-refractivity contribution in [1.82, 2.24) is 15.5 Å². The summed E-state index contributed by atoms with van der Waals surface area (Å²) in [6.07, 6.45) is 5.35. The summed E-state index contributed by atoms with van der Waals surface area (Å²) in [6.45, 7) is 1.67. The van der Waals surface area contributed by atoms with Crippen molar-refractivity contribution in [2.24, 2.45) is 0 Å². The van der Waals surface area contributed by atoms with Gasteiger partial charge in [-0.1, -0.05) is 12.8 Å². The first-order valence-corrected chi connectivity index (χ1v) is 5.40. The highest BCUT2D eigenvalue weighted by molar-refractivity contribution is 5.73. The van der Waals surface area contributed by atoms with Crippen LogP contribution in [0.2, 0.25) is 0 Å². The maximum Gasteiger partial charge on any atom is 0.314 e. The topological polar surface area (TPSA) is 44.4 Å². The number of hydrogen-bond acceptors (Lipinski definition) is 2. The van der Waals surface area contributed by atoms with Gasteiger partial charge in [-0.05, 0) is 19.9 Å². The SMILES string of the molecule is CNC(=O)NCCN(C)C1CCCC1. The first kappa shape index (κ1) is 11.3. The molecule has 0 aromatic heterocycles. The average molecular weight is 199 g/mol. The monoisotopic (exact) mass is 199 g/mol. The van der Waals surface area contributed by atoms with Gasteiger partial charge in [-0.2, -0.15) is 0 Å². The number of carbonyl (C=O) groups is 1. The van der Waals surface area contributed by atoms with Crippen LogP contribution in [0.4, 0.5) is 4.79 Å². The fourth-order valence-electron chi connectivity index (χ4n) is 1.96. The third-order valence-corrected chi connectivity index (χ3v) is 2.93. The molecule has 1 aliphatic rings. The minimum Gasteiger partial charge on any atom is -0.341 e. The molecule has 14 heavy (non-hydrogen) atoms. The highest BCUT2D eigenvalue weighted by atomic mass is 16.2. The van der Waals surface area contributed by atoms with E-state index in [9.17, 15) is 4.79 Å². The van der Waals surface area contributed by atoms with Gasteiger partial charge in [0, 0.05) is 26.2 Å². The van der Waals surface area contributed by atoms with E-state index in [1.165, 1.54) is 25.7 Å². The Labute approximate surface area is 86.0 Å². The van der Waals surface area contributed by atoms with Gasteiger partial charge in [0.2, 0.25) is 0 Å². The van der Waals surface area contributed by atoms with E-state index in [0.717, 1.165) is 19.1 Å². The Morgan fingerprint density at radius 1 is 1.43 bits per heavy atom. The van der Waals surface area contributed by atoms with E-state index in [0.29, 0.717) is 0 Å². The largest absolute Gasteiger partial charge is 0.341 e. The Morgan fingerprint density at radius 2 is 2.07 bits per heavy atom. The molecular weight excluding hydrogens is 178 g/mol. The summed E-state index contributed by atoms with van der Waals surface area (Å²) in [5.41, 5.74) is 0. The van der Waals surface area contributed by atoms with Gasteiger partial charge in [0.05, 0.1) is 0 Å². The molecule has 1 rings (SSSR count). The van der Waals surface area contributed by atoms with Crippen molar-refractivity contribution in [3.63, 3.8) is 0 Å². The predicted molar refractivity (Wildman–Crippen MR) is 57.3 cm³/mol. The summed E-state index contributed by atoms with van der Waals surface area (Å²) in [7, 11) is 3.78. The Hall–Kier alpha value is -0.770. The van der Waals surface area contributed by atoms with Crippen LogP contribution in [0, 0.1) is 0 Å². The zero-order chi connectivity index (χ0) is 10.4. The standard InChI is InChI=1S/C10H21N3O/c1-11-10(14)12-7-8-13(2)9-5-3-4-6-9/h9H,3-8H2,1-2H3,(H2,11,12,14). The quantitative estimate of drug-likeness (QED) is 0.703. The zero-order valence-corrected chi connectivity index (χ0v) is 9.18. The van der Waals surface area contributed by atoms with E-state index in [2.05, 4.69) is 22.6 Å². The minimum absolute atomic E-state index is 0.0928. The number of nitrogens with zero attached hydrogens (tertiary/aromatic N) is 1. The molecule has 1 aliphatic carbocycles. The molecule has 1 saturated carbocycles. The van der Waals surface area contributed by atoms with Gasteiger partial charge in [-0.25, -0.2) is 4.79 Å². The molecule has 1 fully saturated rings. The summed E-state index contributed by atoms with van der Waals surface area (Å²) in [5.74, 6) is 0. The van der Waals surface area contributed by atoms with Crippen molar-refractivity contribution in [1.29, 1.82) is 0 Å². The van der Waals surface area contributed by atoms with Crippen LogP contribution in [0.5, 0.6) is 0 Å². The van der Waals surface area contributed by atoms with Gasteiger partial charge in [0.15, 0.2) is 0 Å². The molecule has 0 aromatic carbocycles. The maximum absolute atomic E-state index is 10.9. The van der Waals surface area contributed by atoms with Gasteiger partial charge >= 0.3 is 6.03 Å². The highest BCUT2D eigenvalue weighted by Gasteiger charge is 2.18. The van der Waals surface area contributed by atoms with Crippen LogP contribution in [0.25, 0.3) is 0 Å². The molecule has 0 radical (unpaired) electrons. The molecule has 0 bridgehead atoms. The number of hydrogen-bond donors (Lipinski definition) is 2. The van der Waals surface area contributed by atoms with Crippen LogP contribution in [0.15, 0.2) is 0 Å². The summed E-state index contributed by atoms with van der Waals surface area (Å²) in [4.78, 5) is 13.2. The van der Waals surface area contributed by atoms with Gasteiger partial charge in [-0.15, -0.1) is 0 Å². The molecule has 0 aliphatic heterocycles. The number of carbonyl (C=O) groups excluding carboxylic acids is 1. The van der Waals surface area contributed by atoms with Crippen LogP contribution in [-0.4, -0.2) is 44.2 Å². The predicted octanol–water partition coefficient (Wildman–Crippen LogP) is 0.790. The number of nitrogens with one attached hydrogen (secondary N) is 2. The normalized spacial score (nSPS) is 17.4. The fraction of sp³-hybridized carbons (Fsp3) is 0.900. The van der Waals surface area contributed by atoms with E-state index >= 15 is 0 Å². The fourth-order valence-corrected chi connectivity index (χ4v) is 1.96. The van der Waals surface area contributed by atoms with Crippen molar-refractivity contribution < 1.29 is 4.79 Å². The molecule has 0 aromatic rings.